The molecule has 0 bridgehead atoms. The van der Waals surface area contributed by atoms with E-state index in [1.54, 1.807) is 14.2 Å². The van der Waals surface area contributed by atoms with Gasteiger partial charge in [-0.1, -0.05) is 6.92 Å². The number of anilines is 1. The first-order valence-corrected chi connectivity index (χ1v) is 8.84. The SMILES string of the molecule is CC[C@H](C)Nc1cc(C)nc2c(C)c(-c3ccc(OC)c(OC)c3)nn12. The molecule has 3 rings (SSSR count). The minimum atomic E-state index is 0.356. The van der Waals surface area contributed by atoms with Gasteiger partial charge in [-0.25, -0.2) is 4.98 Å². The number of methoxy groups -OCH3 is 2. The smallest absolute Gasteiger partial charge is 0.161 e. The normalized spacial score (nSPS) is 12.2. The van der Waals surface area contributed by atoms with Gasteiger partial charge in [-0.2, -0.15) is 9.61 Å². The van der Waals surface area contributed by atoms with Gasteiger partial charge in [0.2, 0.25) is 0 Å². The van der Waals surface area contributed by atoms with E-state index in [1.165, 1.54) is 0 Å². The molecule has 0 fully saturated rings. The van der Waals surface area contributed by atoms with Crippen molar-refractivity contribution in [2.45, 2.75) is 40.2 Å². The third-order valence-electron chi connectivity index (χ3n) is 4.61. The third-order valence-corrected chi connectivity index (χ3v) is 4.61. The van der Waals surface area contributed by atoms with Gasteiger partial charge in [0.25, 0.3) is 0 Å². The van der Waals surface area contributed by atoms with Crippen molar-refractivity contribution in [2.75, 3.05) is 19.5 Å². The second-order valence-electron chi connectivity index (χ2n) is 6.52. The van der Waals surface area contributed by atoms with Crippen LogP contribution in [-0.4, -0.2) is 34.9 Å². The average Bonchev–Trinajstić information content (AvgIpc) is 2.98. The molecule has 6 nitrogen and oxygen atoms in total. The van der Waals surface area contributed by atoms with Gasteiger partial charge in [0, 0.05) is 28.9 Å². The fraction of sp³-hybridized carbons (Fsp3) is 0.400. The Labute approximate surface area is 154 Å². The van der Waals surface area contributed by atoms with E-state index in [0.717, 1.165) is 40.4 Å². The maximum absolute atomic E-state index is 5.43. The quantitative estimate of drug-likeness (QED) is 0.717. The molecule has 0 aliphatic heterocycles. The standard InChI is InChI=1S/C20H26N4O2/c1-7-12(2)21-18-10-13(3)22-20-14(4)19(23-24(18)20)15-8-9-16(25-5)17(11-15)26-6/h8-12,21H,7H2,1-6H3/t12-/m0/s1. The number of aromatic nitrogens is 3. The molecule has 0 aliphatic carbocycles. The average molecular weight is 354 g/mol. The number of hydrogen-bond donors (Lipinski definition) is 1. The van der Waals surface area contributed by atoms with Gasteiger partial charge in [0.15, 0.2) is 17.1 Å². The zero-order chi connectivity index (χ0) is 18.8. The molecule has 0 aliphatic rings. The molecular weight excluding hydrogens is 328 g/mol. The molecule has 3 aromatic rings. The van der Waals surface area contributed by atoms with Crippen molar-refractivity contribution >= 4 is 11.5 Å². The summed E-state index contributed by atoms with van der Waals surface area (Å²) in [6, 6.07) is 8.22. The zero-order valence-corrected chi connectivity index (χ0v) is 16.3. The van der Waals surface area contributed by atoms with Crippen LogP contribution in [0.1, 0.15) is 31.5 Å². The minimum absolute atomic E-state index is 0.356. The molecule has 138 valence electrons. The van der Waals surface area contributed by atoms with Crippen LogP contribution >= 0.6 is 0 Å². The van der Waals surface area contributed by atoms with Crippen molar-refractivity contribution in [1.82, 2.24) is 14.6 Å². The Bertz CT molecular complexity index is 933. The second kappa shape index (κ2) is 7.23. The lowest BCUT2D eigenvalue weighted by Gasteiger charge is -2.14. The summed E-state index contributed by atoms with van der Waals surface area (Å²) in [5.74, 6) is 2.34. The van der Waals surface area contributed by atoms with E-state index in [1.807, 2.05) is 42.6 Å². The van der Waals surface area contributed by atoms with Crippen molar-refractivity contribution in [1.29, 1.82) is 0 Å². The van der Waals surface area contributed by atoms with Crippen molar-refractivity contribution < 1.29 is 9.47 Å². The highest BCUT2D eigenvalue weighted by Crippen LogP contribution is 2.34. The zero-order valence-electron chi connectivity index (χ0n) is 16.3. The number of nitrogens with zero attached hydrogens (tertiary/aromatic N) is 3. The Morgan fingerprint density at radius 3 is 2.50 bits per heavy atom. The van der Waals surface area contributed by atoms with Crippen molar-refractivity contribution in [3.8, 4) is 22.8 Å². The first kappa shape index (κ1) is 18.0. The fourth-order valence-electron chi connectivity index (χ4n) is 2.96. The molecule has 6 heteroatoms. The van der Waals surface area contributed by atoms with Crippen LogP contribution in [0.25, 0.3) is 16.9 Å². The third kappa shape index (κ3) is 3.19. The van der Waals surface area contributed by atoms with Crippen LogP contribution in [0.4, 0.5) is 5.82 Å². The van der Waals surface area contributed by atoms with E-state index in [9.17, 15) is 0 Å². The van der Waals surface area contributed by atoms with Crippen molar-refractivity contribution in [3.63, 3.8) is 0 Å². The summed E-state index contributed by atoms with van der Waals surface area (Å²) in [6.07, 6.45) is 1.03. The van der Waals surface area contributed by atoms with Gasteiger partial charge in [0.1, 0.15) is 5.82 Å². The number of aryl methyl sites for hydroxylation is 2. The highest BCUT2D eigenvalue weighted by atomic mass is 16.5. The molecule has 0 saturated carbocycles. The summed E-state index contributed by atoms with van der Waals surface area (Å²) in [6.45, 7) is 8.37. The van der Waals surface area contributed by atoms with Gasteiger partial charge < -0.3 is 14.8 Å². The topological polar surface area (TPSA) is 60.7 Å². The lowest BCUT2D eigenvalue weighted by atomic mass is 10.1. The van der Waals surface area contributed by atoms with E-state index in [0.29, 0.717) is 17.5 Å². The molecule has 1 N–H and O–H groups in total. The lowest BCUT2D eigenvalue weighted by molar-refractivity contribution is 0.355. The molecule has 1 aromatic carbocycles. The van der Waals surface area contributed by atoms with Crippen LogP contribution < -0.4 is 14.8 Å². The summed E-state index contributed by atoms with van der Waals surface area (Å²) < 4.78 is 12.7. The van der Waals surface area contributed by atoms with Crippen LogP contribution in [-0.2, 0) is 0 Å². The lowest BCUT2D eigenvalue weighted by Crippen LogP contribution is -2.16. The van der Waals surface area contributed by atoms with Crippen LogP contribution in [0.15, 0.2) is 24.3 Å². The number of nitrogens with one attached hydrogen (secondary N) is 1. The highest BCUT2D eigenvalue weighted by Gasteiger charge is 2.17. The van der Waals surface area contributed by atoms with Gasteiger partial charge in [0.05, 0.1) is 19.9 Å². The molecule has 26 heavy (non-hydrogen) atoms. The molecule has 0 spiro atoms. The Morgan fingerprint density at radius 2 is 1.85 bits per heavy atom. The Hall–Kier alpha value is -2.76. The van der Waals surface area contributed by atoms with E-state index in [-0.39, 0.29) is 0 Å². The van der Waals surface area contributed by atoms with Crippen LogP contribution in [0.2, 0.25) is 0 Å². The minimum Gasteiger partial charge on any atom is -0.493 e. The maximum Gasteiger partial charge on any atom is 0.161 e. The molecule has 0 radical (unpaired) electrons. The number of hydrogen-bond acceptors (Lipinski definition) is 5. The molecule has 0 unspecified atom stereocenters. The van der Waals surface area contributed by atoms with Gasteiger partial charge in [-0.05, 0) is 45.4 Å². The number of fused-ring (bicyclic) bond motifs is 1. The maximum atomic E-state index is 5.43. The van der Waals surface area contributed by atoms with Crippen LogP contribution in [0.5, 0.6) is 11.5 Å². The monoisotopic (exact) mass is 354 g/mol. The Balaban J connectivity index is 2.16. The van der Waals surface area contributed by atoms with Crippen LogP contribution in [0.3, 0.4) is 0 Å². The molecule has 0 saturated heterocycles. The van der Waals surface area contributed by atoms with Gasteiger partial charge >= 0.3 is 0 Å². The van der Waals surface area contributed by atoms with Crippen molar-refractivity contribution in [3.05, 3.63) is 35.5 Å². The summed E-state index contributed by atoms with van der Waals surface area (Å²) in [5, 5.41) is 8.36. The highest BCUT2D eigenvalue weighted by molar-refractivity contribution is 5.73. The summed E-state index contributed by atoms with van der Waals surface area (Å²) in [4.78, 5) is 4.70. The predicted octanol–water partition coefficient (Wildman–Crippen LogP) is 4.24. The van der Waals surface area contributed by atoms with Gasteiger partial charge in [-0.15, -0.1) is 0 Å². The first-order chi connectivity index (χ1) is 12.5. The predicted molar refractivity (Wildman–Crippen MR) is 104 cm³/mol. The summed E-state index contributed by atoms with van der Waals surface area (Å²) in [7, 11) is 3.27. The molecule has 2 heterocycles. The molecule has 0 amide bonds. The molecule has 1 atom stereocenters. The molecular formula is C20H26N4O2. The van der Waals surface area contributed by atoms with E-state index >= 15 is 0 Å². The van der Waals surface area contributed by atoms with Crippen LogP contribution in [0, 0.1) is 13.8 Å². The summed E-state index contributed by atoms with van der Waals surface area (Å²) >= 11 is 0. The van der Waals surface area contributed by atoms with E-state index < -0.39 is 0 Å². The summed E-state index contributed by atoms with van der Waals surface area (Å²) in [5.41, 5.74) is 4.72. The van der Waals surface area contributed by atoms with E-state index in [2.05, 4.69) is 19.2 Å². The van der Waals surface area contributed by atoms with Crippen molar-refractivity contribution in [2.24, 2.45) is 0 Å². The number of benzene rings is 1. The largest absolute Gasteiger partial charge is 0.493 e. The Kier molecular flexibility index (Phi) is 5.02. The second-order valence-corrected chi connectivity index (χ2v) is 6.52. The fourth-order valence-corrected chi connectivity index (χ4v) is 2.96. The number of rotatable bonds is 6. The first-order valence-electron chi connectivity index (χ1n) is 8.84. The Morgan fingerprint density at radius 1 is 1.12 bits per heavy atom. The van der Waals surface area contributed by atoms with Gasteiger partial charge in [-0.3, -0.25) is 0 Å². The molecule has 2 aromatic heterocycles. The number of ether oxygens (including phenoxy) is 2. The van der Waals surface area contributed by atoms with E-state index in [4.69, 9.17) is 19.6 Å².